The van der Waals surface area contributed by atoms with E-state index in [4.69, 9.17) is 10.5 Å². The fraction of sp³-hybridized carbons (Fsp3) is 0.389. The summed E-state index contributed by atoms with van der Waals surface area (Å²) in [4.78, 5) is 15.1. The summed E-state index contributed by atoms with van der Waals surface area (Å²) < 4.78 is 19.1. The van der Waals surface area contributed by atoms with Gasteiger partial charge in [-0.05, 0) is 67.6 Å². The van der Waals surface area contributed by atoms with Crippen LogP contribution in [0.25, 0.3) is 6.08 Å². The van der Waals surface area contributed by atoms with Crippen molar-refractivity contribution in [2.45, 2.75) is 26.7 Å². The number of hydrogen-bond donors (Lipinski definition) is 1. The van der Waals surface area contributed by atoms with Gasteiger partial charge in [0.05, 0.1) is 5.69 Å². The molecule has 4 nitrogen and oxygen atoms in total. The molecule has 2 rings (SSSR count). The highest BCUT2D eigenvalue weighted by Gasteiger charge is 2.20. The van der Waals surface area contributed by atoms with Crippen LogP contribution in [-0.2, 0) is 9.53 Å². The number of aliphatic imine (C=N–C) groups is 1. The van der Waals surface area contributed by atoms with Gasteiger partial charge in [-0.15, -0.1) is 0 Å². The van der Waals surface area contributed by atoms with Crippen LogP contribution in [0, 0.1) is 18.7 Å². The van der Waals surface area contributed by atoms with Crippen molar-refractivity contribution in [3.63, 3.8) is 0 Å². The number of rotatable bonds is 4. The second kappa shape index (κ2) is 7.86. The number of hydrogen-bond acceptors (Lipinski definition) is 4. The molecule has 0 aliphatic carbocycles. The van der Waals surface area contributed by atoms with Crippen LogP contribution >= 0.6 is 0 Å². The summed E-state index contributed by atoms with van der Waals surface area (Å²) in [7, 11) is 0. The van der Waals surface area contributed by atoms with Gasteiger partial charge in [0, 0.05) is 25.0 Å². The fourth-order valence-electron chi connectivity index (χ4n) is 2.82. The lowest BCUT2D eigenvalue weighted by molar-refractivity contribution is 0.0770. The minimum Gasteiger partial charge on any atom is -0.404 e. The molecule has 23 heavy (non-hydrogen) atoms. The van der Waals surface area contributed by atoms with E-state index < -0.39 is 5.82 Å². The summed E-state index contributed by atoms with van der Waals surface area (Å²) in [6.45, 7) is 5.09. The molecule has 1 aromatic rings. The second-order valence-corrected chi connectivity index (χ2v) is 5.61. The summed E-state index contributed by atoms with van der Waals surface area (Å²) in [5.41, 5.74) is 9.22. The molecule has 1 fully saturated rings. The van der Waals surface area contributed by atoms with Gasteiger partial charge in [-0.2, -0.15) is 0 Å². The predicted molar refractivity (Wildman–Crippen MR) is 89.9 cm³/mol. The molecule has 2 N–H and O–H groups in total. The summed E-state index contributed by atoms with van der Waals surface area (Å²) in [5, 5.41) is 0. The summed E-state index contributed by atoms with van der Waals surface area (Å²) in [6, 6.07) is 2.66. The number of nitrogens with two attached hydrogens (primary N) is 1. The highest BCUT2D eigenvalue weighted by Crippen LogP contribution is 2.28. The minimum atomic E-state index is -0.437. The van der Waals surface area contributed by atoms with E-state index in [0.717, 1.165) is 29.7 Å². The molecule has 1 aliphatic rings. The average Bonchev–Trinajstić information content (AvgIpc) is 2.54. The number of halogens is 1. The van der Waals surface area contributed by atoms with Crippen molar-refractivity contribution < 1.29 is 13.9 Å². The third-order valence-corrected chi connectivity index (χ3v) is 4.15. The Hall–Kier alpha value is -2.23. The van der Waals surface area contributed by atoms with Gasteiger partial charge >= 0.3 is 0 Å². The Kier molecular flexibility index (Phi) is 5.85. The van der Waals surface area contributed by atoms with E-state index in [9.17, 15) is 9.18 Å². The Labute approximate surface area is 135 Å². The Morgan fingerprint density at radius 3 is 2.74 bits per heavy atom. The number of carbonyl (C=O) groups excluding carboxylic acids is 1. The van der Waals surface area contributed by atoms with Crippen LogP contribution in [0.15, 0.2) is 28.9 Å². The maximum Gasteiger partial charge on any atom is 0.125 e. The van der Waals surface area contributed by atoms with E-state index in [2.05, 4.69) is 4.99 Å². The standard InChI is InChI=1S/C18H21FN2O2/c1-12-15(3-6-22)9-16(19)10-18(12)21-13(2)17(11-20)14-4-7-23-8-5-14/h3,9-11,14H,4-5,7-8,20H2,1-2H3. The molecule has 0 saturated carbocycles. The van der Waals surface area contributed by atoms with Crippen LogP contribution in [-0.4, -0.2) is 24.9 Å². The molecule has 0 spiro atoms. The smallest absolute Gasteiger partial charge is 0.125 e. The molecule has 0 aromatic heterocycles. The topological polar surface area (TPSA) is 64.7 Å². The van der Waals surface area contributed by atoms with Crippen molar-refractivity contribution in [2.24, 2.45) is 16.6 Å². The predicted octanol–water partition coefficient (Wildman–Crippen LogP) is 3.34. The summed E-state index contributed by atoms with van der Waals surface area (Å²) in [5.74, 6) is 1.55. The molecule has 0 amide bonds. The Balaban J connectivity index is 2.37. The van der Waals surface area contributed by atoms with Gasteiger partial charge in [0.25, 0.3) is 0 Å². The maximum absolute atomic E-state index is 13.7. The first kappa shape index (κ1) is 17.1. The maximum atomic E-state index is 13.7. The molecule has 0 radical (unpaired) electrons. The van der Waals surface area contributed by atoms with Gasteiger partial charge in [0.1, 0.15) is 11.8 Å². The molecular weight excluding hydrogens is 295 g/mol. The van der Waals surface area contributed by atoms with Crippen molar-refractivity contribution >= 4 is 23.4 Å². The number of ether oxygens (including phenoxy) is 1. The quantitative estimate of drug-likeness (QED) is 0.684. The first-order chi connectivity index (χ1) is 11.1. The highest BCUT2D eigenvalue weighted by molar-refractivity contribution is 6.00. The van der Waals surface area contributed by atoms with Gasteiger partial charge in [0.2, 0.25) is 0 Å². The molecule has 1 aromatic carbocycles. The van der Waals surface area contributed by atoms with Crippen LogP contribution in [0.5, 0.6) is 0 Å². The van der Waals surface area contributed by atoms with Gasteiger partial charge in [-0.25, -0.2) is 9.18 Å². The van der Waals surface area contributed by atoms with Gasteiger partial charge in [0.15, 0.2) is 0 Å². The molecule has 1 saturated heterocycles. The lowest BCUT2D eigenvalue weighted by Crippen LogP contribution is -2.21. The third-order valence-electron chi connectivity index (χ3n) is 4.15. The molecule has 5 heteroatoms. The van der Waals surface area contributed by atoms with Crippen LogP contribution in [0.3, 0.4) is 0 Å². The molecule has 0 atom stereocenters. The Bertz CT molecular complexity index is 683. The van der Waals surface area contributed by atoms with E-state index in [1.165, 1.54) is 18.2 Å². The fourth-order valence-corrected chi connectivity index (χ4v) is 2.82. The molecular formula is C18H21FN2O2. The van der Waals surface area contributed by atoms with Crippen molar-refractivity contribution in [1.29, 1.82) is 0 Å². The first-order valence-electron chi connectivity index (χ1n) is 7.63. The second-order valence-electron chi connectivity index (χ2n) is 5.61. The number of allylic oxidation sites excluding steroid dienone is 1. The summed E-state index contributed by atoms with van der Waals surface area (Å²) in [6.07, 6.45) is 4.59. The Morgan fingerprint density at radius 1 is 1.43 bits per heavy atom. The van der Waals surface area contributed by atoms with E-state index in [1.807, 2.05) is 6.92 Å². The molecule has 0 bridgehead atoms. The van der Waals surface area contributed by atoms with Crippen molar-refractivity contribution in [3.8, 4) is 0 Å². The van der Waals surface area contributed by atoms with E-state index in [1.54, 1.807) is 19.1 Å². The van der Waals surface area contributed by atoms with Gasteiger partial charge in [-0.1, -0.05) is 0 Å². The normalized spacial score (nSPS) is 17.0. The van der Waals surface area contributed by atoms with Crippen molar-refractivity contribution in [1.82, 2.24) is 0 Å². The minimum absolute atomic E-state index is 0.306. The average molecular weight is 316 g/mol. The van der Waals surface area contributed by atoms with Crippen LogP contribution in [0.4, 0.5) is 10.1 Å². The summed E-state index contributed by atoms with van der Waals surface area (Å²) >= 11 is 0. The lowest BCUT2D eigenvalue weighted by Gasteiger charge is -2.24. The lowest BCUT2D eigenvalue weighted by atomic mass is 9.89. The molecule has 1 heterocycles. The first-order valence-corrected chi connectivity index (χ1v) is 7.63. The van der Waals surface area contributed by atoms with Crippen molar-refractivity contribution in [3.05, 3.63) is 40.8 Å². The van der Waals surface area contributed by atoms with Gasteiger partial charge in [-0.3, -0.25) is 4.99 Å². The zero-order valence-corrected chi connectivity index (χ0v) is 13.4. The monoisotopic (exact) mass is 316 g/mol. The van der Waals surface area contributed by atoms with E-state index in [-0.39, 0.29) is 0 Å². The van der Waals surface area contributed by atoms with E-state index >= 15 is 0 Å². The number of nitrogens with zero attached hydrogens (tertiary/aromatic N) is 1. The zero-order chi connectivity index (χ0) is 16.8. The number of benzene rings is 1. The molecule has 0 unspecified atom stereocenters. The van der Waals surface area contributed by atoms with E-state index in [0.29, 0.717) is 30.4 Å². The van der Waals surface area contributed by atoms with Gasteiger partial charge < -0.3 is 10.5 Å². The largest absolute Gasteiger partial charge is 0.404 e. The third kappa shape index (κ3) is 4.15. The van der Waals surface area contributed by atoms with Crippen LogP contribution in [0.2, 0.25) is 0 Å². The van der Waals surface area contributed by atoms with Crippen LogP contribution < -0.4 is 5.73 Å². The van der Waals surface area contributed by atoms with Crippen molar-refractivity contribution in [2.75, 3.05) is 13.2 Å². The highest BCUT2D eigenvalue weighted by atomic mass is 19.1. The molecule has 122 valence electrons. The zero-order valence-electron chi connectivity index (χ0n) is 13.4. The molecule has 1 aliphatic heterocycles. The van der Waals surface area contributed by atoms with Crippen LogP contribution in [0.1, 0.15) is 30.9 Å². The SMILES string of the molecule is CC(=Nc1cc(F)cc(C=C=O)c1C)C(=CN)C1CCOCC1. The Morgan fingerprint density at radius 2 is 2.13 bits per heavy atom.